The van der Waals surface area contributed by atoms with Gasteiger partial charge >= 0.3 is 0 Å². The van der Waals surface area contributed by atoms with Gasteiger partial charge in [-0.15, -0.1) is 11.3 Å². The third-order valence-corrected chi connectivity index (χ3v) is 8.60. The quantitative estimate of drug-likeness (QED) is 0.321. The van der Waals surface area contributed by atoms with E-state index in [0.29, 0.717) is 33.0 Å². The molecule has 0 N–H and O–H groups in total. The summed E-state index contributed by atoms with van der Waals surface area (Å²) in [5.74, 6) is -0.327. The second kappa shape index (κ2) is 10.2. The first-order valence-corrected chi connectivity index (χ1v) is 14.1. The smallest absolute Gasteiger partial charge is 0.273 e. The van der Waals surface area contributed by atoms with E-state index in [1.807, 2.05) is 42.5 Å². The molecular formula is C31H25ClN4O2S. The lowest BCUT2D eigenvalue weighted by atomic mass is 10.1. The summed E-state index contributed by atoms with van der Waals surface area (Å²) in [5.41, 5.74) is 3.34. The van der Waals surface area contributed by atoms with Gasteiger partial charge in [0.1, 0.15) is 10.7 Å². The van der Waals surface area contributed by atoms with Gasteiger partial charge in [-0.25, -0.2) is 0 Å². The number of hydrogen-bond donors (Lipinski definition) is 0. The molecule has 0 unspecified atom stereocenters. The maximum Gasteiger partial charge on any atom is 0.273 e. The standard InChI is InChI=1S/C31H25ClN4O2S/c1-2-35-26-8-4-3-7-23(26)24-18-22(13-14-27(24)35)36-30(38)28(17-20-9-11-21(32)12-10-20)39-31(36)25(19-33)29(37)34-15-5-6-16-34/h3-4,7-14,17-18H,2,5-6,15-16H2,1H3/b28-17+,31-25-. The minimum atomic E-state index is -0.327. The predicted octanol–water partition coefficient (Wildman–Crippen LogP) is 4.81. The molecule has 1 aliphatic rings. The van der Waals surface area contributed by atoms with Crippen LogP contribution in [0.3, 0.4) is 0 Å². The van der Waals surface area contributed by atoms with Crippen LogP contribution in [0.25, 0.3) is 39.1 Å². The number of thiazole rings is 1. The Kier molecular flexibility index (Phi) is 6.59. The Labute approximate surface area is 233 Å². The number of amides is 1. The van der Waals surface area contributed by atoms with Crippen LogP contribution in [0.2, 0.25) is 5.02 Å². The van der Waals surface area contributed by atoms with Crippen molar-refractivity contribution in [2.24, 2.45) is 0 Å². The number of aromatic nitrogens is 2. The van der Waals surface area contributed by atoms with E-state index in [2.05, 4.69) is 29.7 Å². The van der Waals surface area contributed by atoms with E-state index in [9.17, 15) is 14.9 Å². The van der Waals surface area contributed by atoms with Crippen LogP contribution < -0.4 is 14.8 Å². The summed E-state index contributed by atoms with van der Waals surface area (Å²) >= 11 is 7.22. The van der Waals surface area contributed by atoms with Crippen LogP contribution in [-0.4, -0.2) is 33.0 Å². The highest BCUT2D eigenvalue weighted by molar-refractivity contribution is 7.07. The highest BCUT2D eigenvalue weighted by Crippen LogP contribution is 2.30. The van der Waals surface area contributed by atoms with Gasteiger partial charge in [0.25, 0.3) is 11.5 Å². The van der Waals surface area contributed by atoms with Gasteiger partial charge < -0.3 is 9.47 Å². The number of nitrogens with zero attached hydrogens (tertiary/aromatic N) is 4. The number of carbonyl (C=O) groups excluding carboxylic acids is 1. The Morgan fingerprint density at radius 2 is 1.74 bits per heavy atom. The van der Waals surface area contributed by atoms with Gasteiger partial charge in [-0.2, -0.15) is 5.26 Å². The van der Waals surface area contributed by atoms with E-state index >= 15 is 0 Å². The van der Waals surface area contributed by atoms with Gasteiger partial charge in [0.15, 0.2) is 5.57 Å². The summed E-state index contributed by atoms with van der Waals surface area (Å²) in [6.07, 6.45) is 3.60. The largest absolute Gasteiger partial charge is 0.341 e. The molecule has 39 heavy (non-hydrogen) atoms. The van der Waals surface area contributed by atoms with Gasteiger partial charge in [0.05, 0.1) is 10.2 Å². The number of nitriles is 1. The van der Waals surface area contributed by atoms with Gasteiger partial charge in [-0.05, 0) is 67.8 Å². The van der Waals surface area contributed by atoms with E-state index in [1.54, 1.807) is 23.1 Å². The molecule has 0 atom stereocenters. The predicted molar refractivity (Wildman–Crippen MR) is 158 cm³/mol. The Balaban J connectivity index is 1.66. The summed E-state index contributed by atoms with van der Waals surface area (Å²) in [6, 6.07) is 23.4. The highest BCUT2D eigenvalue weighted by Gasteiger charge is 2.25. The van der Waals surface area contributed by atoms with E-state index in [-0.39, 0.29) is 17.0 Å². The first kappa shape index (κ1) is 25.2. The van der Waals surface area contributed by atoms with Crippen molar-refractivity contribution in [2.45, 2.75) is 26.3 Å². The molecule has 1 saturated heterocycles. The van der Waals surface area contributed by atoms with Crippen LogP contribution in [0.4, 0.5) is 0 Å². The van der Waals surface area contributed by atoms with Crippen LogP contribution in [0, 0.1) is 11.3 Å². The zero-order chi connectivity index (χ0) is 27.1. The average molecular weight is 553 g/mol. The van der Waals surface area contributed by atoms with Gasteiger partial charge in [0, 0.05) is 46.5 Å². The SMILES string of the molecule is CCn1c2ccccc2c2cc(-n3c(=O)/c(=C\c4ccc(Cl)cc4)s/c3=C(/C#N)C(=O)N3CCCC3)ccc21. The Morgan fingerprint density at radius 3 is 2.46 bits per heavy atom. The van der Waals surface area contributed by atoms with Crippen molar-refractivity contribution in [1.29, 1.82) is 5.26 Å². The average Bonchev–Trinajstić information content (AvgIpc) is 3.67. The number of likely N-dealkylation sites (tertiary alicyclic amines) is 1. The van der Waals surface area contributed by atoms with Crippen molar-refractivity contribution in [3.8, 4) is 11.8 Å². The monoisotopic (exact) mass is 552 g/mol. The molecule has 6 rings (SSSR count). The molecule has 3 aromatic carbocycles. The molecule has 1 fully saturated rings. The molecule has 0 aliphatic carbocycles. The zero-order valence-corrected chi connectivity index (χ0v) is 22.9. The summed E-state index contributed by atoms with van der Waals surface area (Å²) in [7, 11) is 0. The Bertz CT molecular complexity index is 1970. The van der Waals surface area contributed by atoms with Crippen LogP contribution in [0.15, 0.2) is 71.5 Å². The molecule has 1 amide bonds. The molecule has 0 bridgehead atoms. The van der Waals surface area contributed by atoms with Crippen molar-refractivity contribution in [3.63, 3.8) is 0 Å². The Morgan fingerprint density at radius 1 is 1.03 bits per heavy atom. The summed E-state index contributed by atoms with van der Waals surface area (Å²) in [6.45, 7) is 4.15. The van der Waals surface area contributed by atoms with Gasteiger partial charge in [-0.3, -0.25) is 14.2 Å². The number of carbonyl (C=O) groups is 1. The molecule has 194 valence electrons. The number of rotatable bonds is 4. The van der Waals surface area contributed by atoms with Crippen molar-refractivity contribution < 1.29 is 4.79 Å². The van der Waals surface area contributed by atoms with Crippen molar-refractivity contribution in [2.75, 3.05) is 13.1 Å². The minimum Gasteiger partial charge on any atom is -0.341 e. The minimum absolute atomic E-state index is 0.00848. The maximum atomic E-state index is 14.0. The molecule has 0 saturated carbocycles. The molecule has 2 aromatic heterocycles. The molecule has 0 spiro atoms. The third kappa shape index (κ3) is 4.36. The molecule has 8 heteroatoms. The first-order valence-electron chi connectivity index (χ1n) is 12.9. The van der Waals surface area contributed by atoms with Crippen LogP contribution in [0.5, 0.6) is 0 Å². The van der Waals surface area contributed by atoms with Gasteiger partial charge in [-0.1, -0.05) is 41.9 Å². The second-order valence-electron chi connectivity index (χ2n) is 9.56. The Hall–Kier alpha value is -4.12. The zero-order valence-electron chi connectivity index (χ0n) is 21.4. The second-order valence-corrected chi connectivity index (χ2v) is 11.0. The van der Waals surface area contributed by atoms with Crippen molar-refractivity contribution in [3.05, 3.63) is 96.9 Å². The maximum absolute atomic E-state index is 14.0. The van der Waals surface area contributed by atoms with Gasteiger partial charge in [0.2, 0.25) is 0 Å². The first-order chi connectivity index (χ1) is 19.0. The summed E-state index contributed by atoms with van der Waals surface area (Å²) < 4.78 is 4.55. The fraction of sp³-hybridized carbons (Fsp3) is 0.194. The number of benzene rings is 3. The molecule has 1 aliphatic heterocycles. The molecule has 5 aromatic rings. The highest BCUT2D eigenvalue weighted by atomic mass is 35.5. The lowest BCUT2D eigenvalue weighted by Gasteiger charge is -2.14. The van der Waals surface area contributed by atoms with E-state index < -0.39 is 0 Å². The fourth-order valence-electron chi connectivity index (χ4n) is 5.38. The van der Waals surface area contributed by atoms with Crippen molar-refractivity contribution in [1.82, 2.24) is 14.0 Å². The lowest BCUT2D eigenvalue weighted by molar-refractivity contribution is -0.123. The molecule has 6 nitrogen and oxygen atoms in total. The number of halogens is 1. The van der Waals surface area contributed by atoms with Crippen LogP contribution in [0.1, 0.15) is 25.3 Å². The van der Waals surface area contributed by atoms with E-state index in [1.165, 1.54) is 15.9 Å². The van der Waals surface area contributed by atoms with E-state index in [0.717, 1.165) is 46.8 Å². The molecule has 3 heterocycles. The summed E-state index contributed by atoms with van der Waals surface area (Å²) in [4.78, 5) is 29.1. The molecule has 0 radical (unpaired) electrons. The summed E-state index contributed by atoms with van der Waals surface area (Å²) in [5, 5.41) is 12.9. The number of hydrogen-bond acceptors (Lipinski definition) is 4. The normalized spacial score (nSPS) is 14.8. The lowest BCUT2D eigenvalue weighted by Crippen LogP contribution is -2.35. The van der Waals surface area contributed by atoms with Crippen LogP contribution >= 0.6 is 22.9 Å². The molecular weight excluding hydrogens is 528 g/mol. The van der Waals surface area contributed by atoms with Crippen LogP contribution in [-0.2, 0) is 11.3 Å². The number of fused-ring (bicyclic) bond motifs is 3. The van der Waals surface area contributed by atoms with E-state index in [4.69, 9.17) is 11.6 Å². The topological polar surface area (TPSA) is 71.0 Å². The number of aryl methyl sites for hydroxylation is 1. The van der Waals surface area contributed by atoms with Crippen molar-refractivity contribution >= 4 is 62.3 Å². The number of para-hydroxylation sites is 1. The fourth-order valence-corrected chi connectivity index (χ4v) is 6.60. The third-order valence-electron chi connectivity index (χ3n) is 7.25.